The Hall–Kier alpha value is -3.64. The first-order valence-corrected chi connectivity index (χ1v) is 8.84. The molecule has 0 aliphatic carbocycles. The van der Waals surface area contributed by atoms with Gasteiger partial charge in [-0.15, -0.1) is 5.10 Å². The highest BCUT2D eigenvalue weighted by Gasteiger charge is 2.36. The van der Waals surface area contributed by atoms with Crippen LogP contribution in [0, 0.1) is 0 Å². The van der Waals surface area contributed by atoms with Crippen LogP contribution in [-0.2, 0) is 6.42 Å². The maximum absolute atomic E-state index is 12.9. The summed E-state index contributed by atoms with van der Waals surface area (Å²) in [6.45, 7) is -2.64. The van der Waals surface area contributed by atoms with Gasteiger partial charge in [-0.25, -0.2) is 9.50 Å². The lowest BCUT2D eigenvalue weighted by molar-refractivity contribution is -0.0490. The van der Waals surface area contributed by atoms with Crippen LogP contribution in [0.4, 0.5) is 23.6 Å². The average molecular weight is 423 g/mol. The molecule has 1 atom stereocenters. The second kappa shape index (κ2) is 7.00. The van der Waals surface area contributed by atoms with Gasteiger partial charge in [0, 0.05) is 24.9 Å². The number of hydrogen-bond acceptors (Lipinski definition) is 7. The molecule has 0 saturated carbocycles. The Morgan fingerprint density at radius 2 is 2.10 bits per heavy atom. The zero-order valence-electron chi connectivity index (χ0n) is 15.0. The Morgan fingerprint density at radius 1 is 1.23 bits per heavy atom. The molecule has 5 heterocycles. The van der Waals surface area contributed by atoms with Crippen LogP contribution in [0.3, 0.4) is 0 Å². The van der Waals surface area contributed by atoms with Gasteiger partial charge in [0.05, 0.1) is 17.7 Å². The molecule has 0 spiro atoms. The van der Waals surface area contributed by atoms with E-state index in [0.717, 1.165) is 5.69 Å². The van der Waals surface area contributed by atoms with Crippen molar-refractivity contribution < 1.29 is 26.7 Å². The van der Waals surface area contributed by atoms with Gasteiger partial charge < -0.3 is 19.0 Å². The molecule has 0 fully saturated rings. The SMILES string of the molecule is FC(F)Oc1cccn2nc(C3c4nc[nH]c4CCN3c3nnc(C(F)F)o3)cc12. The van der Waals surface area contributed by atoms with E-state index in [2.05, 4.69) is 30.0 Å². The van der Waals surface area contributed by atoms with E-state index in [-0.39, 0.29) is 11.8 Å². The molecule has 1 aliphatic heterocycles. The Labute approximate surface area is 165 Å². The highest BCUT2D eigenvalue weighted by molar-refractivity contribution is 5.61. The van der Waals surface area contributed by atoms with Gasteiger partial charge in [0.1, 0.15) is 11.6 Å². The van der Waals surface area contributed by atoms with Gasteiger partial charge in [0.2, 0.25) is 0 Å². The fraction of sp³-hybridized carbons (Fsp3) is 0.294. The van der Waals surface area contributed by atoms with Crippen LogP contribution in [0.25, 0.3) is 5.52 Å². The lowest BCUT2D eigenvalue weighted by Gasteiger charge is -2.32. The maximum Gasteiger partial charge on any atom is 0.387 e. The predicted octanol–water partition coefficient (Wildman–Crippen LogP) is 3.13. The summed E-state index contributed by atoms with van der Waals surface area (Å²) in [6, 6.07) is 3.73. The van der Waals surface area contributed by atoms with Crippen LogP contribution in [-0.4, -0.2) is 42.9 Å². The van der Waals surface area contributed by atoms with Crippen LogP contribution in [0.15, 0.2) is 35.1 Å². The minimum absolute atomic E-state index is 0.0476. The number of fused-ring (bicyclic) bond motifs is 2. The molecule has 9 nitrogen and oxygen atoms in total. The Bertz CT molecular complexity index is 1190. The summed E-state index contributed by atoms with van der Waals surface area (Å²) in [4.78, 5) is 8.99. The van der Waals surface area contributed by atoms with E-state index in [4.69, 9.17) is 4.42 Å². The molecule has 0 radical (unpaired) electrons. The van der Waals surface area contributed by atoms with E-state index in [1.165, 1.54) is 23.0 Å². The molecular weight excluding hydrogens is 410 g/mol. The van der Waals surface area contributed by atoms with Crippen molar-refractivity contribution in [3.8, 4) is 5.75 Å². The summed E-state index contributed by atoms with van der Waals surface area (Å²) in [5.74, 6) is -0.840. The summed E-state index contributed by atoms with van der Waals surface area (Å²) >= 11 is 0. The molecule has 4 aromatic heterocycles. The smallest absolute Gasteiger partial charge is 0.387 e. The highest BCUT2D eigenvalue weighted by Crippen LogP contribution is 2.37. The average Bonchev–Trinajstić information content (AvgIpc) is 3.45. The third kappa shape index (κ3) is 3.02. The van der Waals surface area contributed by atoms with Crippen molar-refractivity contribution >= 4 is 11.5 Å². The number of nitrogens with zero attached hydrogens (tertiary/aromatic N) is 6. The first kappa shape index (κ1) is 18.4. The molecule has 0 bridgehead atoms. The Morgan fingerprint density at radius 3 is 2.87 bits per heavy atom. The molecule has 1 unspecified atom stereocenters. The van der Waals surface area contributed by atoms with Gasteiger partial charge in [-0.2, -0.15) is 22.7 Å². The van der Waals surface area contributed by atoms with Crippen molar-refractivity contribution in [1.82, 2.24) is 29.8 Å². The van der Waals surface area contributed by atoms with Gasteiger partial charge in [0.25, 0.3) is 5.89 Å². The van der Waals surface area contributed by atoms with Gasteiger partial charge in [0.15, 0.2) is 5.75 Å². The number of H-pyrrole nitrogens is 1. The van der Waals surface area contributed by atoms with Crippen molar-refractivity contribution in [1.29, 1.82) is 0 Å². The number of nitrogens with one attached hydrogen (secondary N) is 1. The summed E-state index contributed by atoms with van der Waals surface area (Å²) in [6.07, 6.45) is 0.725. The maximum atomic E-state index is 12.9. The third-order valence-corrected chi connectivity index (χ3v) is 4.77. The zero-order chi connectivity index (χ0) is 20.8. The third-order valence-electron chi connectivity index (χ3n) is 4.77. The monoisotopic (exact) mass is 423 g/mol. The van der Waals surface area contributed by atoms with E-state index in [1.54, 1.807) is 17.2 Å². The number of aromatic amines is 1. The fourth-order valence-electron chi connectivity index (χ4n) is 3.55. The minimum Gasteiger partial charge on any atom is -0.433 e. The van der Waals surface area contributed by atoms with E-state index in [1.807, 2.05) is 0 Å². The van der Waals surface area contributed by atoms with Gasteiger partial charge in [-0.3, -0.25) is 0 Å². The van der Waals surface area contributed by atoms with Crippen LogP contribution in [0.1, 0.15) is 35.4 Å². The summed E-state index contributed by atoms with van der Waals surface area (Å²) in [7, 11) is 0. The zero-order valence-corrected chi connectivity index (χ0v) is 15.0. The van der Waals surface area contributed by atoms with Crippen molar-refractivity contribution in [3.05, 3.63) is 53.7 Å². The molecule has 13 heteroatoms. The second-order valence-corrected chi connectivity index (χ2v) is 6.49. The molecule has 1 aliphatic rings. The standard InChI is InChI=1S/C17H13F4N7O2/c18-14(19)15-24-25-17(30-15)27-5-3-8-12(23-7-22-8)13(27)9-6-10-11(29-16(20)21)2-1-4-28(10)26-9/h1-2,4,6-7,13-14,16H,3,5H2,(H,22,23). The van der Waals surface area contributed by atoms with E-state index in [0.29, 0.717) is 29.9 Å². The summed E-state index contributed by atoms with van der Waals surface area (Å²) in [5.41, 5.74) is 2.17. The van der Waals surface area contributed by atoms with Crippen LogP contribution >= 0.6 is 0 Å². The fourth-order valence-corrected chi connectivity index (χ4v) is 3.55. The number of imidazole rings is 1. The van der Waals surface area contributed by atoms with E-state index < -0.39 is 25.0 Å². The van der Waals surface area contributed by atoms with Crippen molar-refractivity contribution in [2.45, 2.75) is 25.5 Å². The Kier molecular flexibility index (Phi) is 4.29. The van der Waals surface area contributed by atoms with Gasteiger partial charge >= 0.3 is 19.1 Å². The second-order valence-electron chi connectivity index (χ2n) is 6.49. The Balaban J connectivity index is 1.62. The largest absolute Gasteiger partial charge is 0.433 e. The molecular formula is C17H13F4N7O2. The van der Waals surface area contributed by atoms with Crippen molar-refractivity contribution in [3.63, 3.8) is 0 Å². The van der Waals surface area contributed by atoms with Gasteiger partial charge in [-0.1, -0.05) is 5.10 Å². The number of anilines is 1. The van der Waals surface area contributed by atoms with E-state index >= 15 is 0 Å². The minimum atomic E-state index is -3.00. The van der Waals surface area contributed by atoms with Crippen LogP contribution in [0.5, 0.6) is 5.75 Å². The quantitative estimate of drug-likeness (QED) is 0.493. The van der Waals surface area contributed by atoms with Crippen LogP contribution < -0.4 is 9.64 Å². The van der Waals surface area contributed by atoms with Crippen LogP contribution in [0.2, 0.25) is 0 Å². The lowest BCUT2D eigenvalue weighted by Crippen LogP contribution is -2.36. The molecule has 5 rings (SSSR count). The van der Waals surface area contributed by atoms with E-state index in [9.17, 15) is 17.6 Å². The summed E-state index contributed by atoms with van der Waals surface area (Å²) < 4.78 is 62.4. The van der Waals surface area contributed by atoms with Crippen molar-refractivity contribution in [2.75, 3.05) is 11.4 Å². The number of aromatic nitrogens is 6. The molecule has 0 amide bonds. The number of hydrogen-bond donors (Lipinski definition) is 1. The molecule has 4 aromatic rings. The first-order valence-electron chi connectivity index (χ1n) is 8.84. The highest BCUT2D eigenvalue weighted by atomic mass is 19.3. The number of rotatable bonds is 5. The first-order chi connectivity index (χ1) is 14.5. The predicted molar refractivity (Wildman–Crippen MR) is 92.6 cm³/mol. The molecule has 0 saturated heterocycles. The topological polar surface area (TPSA) is 97.4 Å². The van der Waals surface area contributed by atoms with Gasteiger partial charge in [-0.05, 0) is 18.2 Å². The molecule has 156 valence electrons. The number of ether oxygens (including phenoxy) is 1. The molecule has 1 N–H and O–H groups in total. The summed E-state index contributed by atoms with van der Waals surface area (Å²) in [5, 5.41) is 11.6. The number of halogens is 4. The number of alkyl halides is 4. The molecule has 0 aromatic carbocycles. The number of pyridine rings is 1. The lowest BCUT2D eigenvalue weighted by atomic mass is 10.0. The van der Waals surface area contributed by atoms with Crippen molar-refractivity contribution in [2.24, 2.45) is 0 Å². The molecule has 30 heavy (non-hydrogen) atoms. The normalized spacial score (nSPS) is 16.6.